The molecule has 0 radical (unpaired) electrons. The third kappa shape index (κ3) is 4.35. The lowest BCUT2D eigenvalue weighted by molar-refractivity contribution is -0.138. The van der Waals surface area contributed by atoms with E-state index >= 15 is 0 Å². The van der Waals surface area contributed by atoms with Crippen molar-refractivity contribution in [2.75, 3.05) is 5.32 Å². The van der Waals surface area contributed by atoms with Crippen LogP contribution >= 0.6 is 11.6 Å². The smallest absolute Gasteiger partial charge is 0.303 e. The van der Waals surface area contributed by atoms with E-state index in [1.54, 1.807) is 22.9 Å². The van der Waals surface area contributed by atoms with Gasteiger partial charge >= 0.3 is 5.97 Å². The van der Waals surface area contributed by atoms with E-state index in [2.05, 4.69) is 10.4 Å². The molecule has 3 rings (SSSR count). The number of hydrogen-bond donors (Lipinski definition) is 2. The number of amides is 1. The Morgan fingerprint density at radius 3 is 2.52 bits per heavy atom. The monoisotopic (exact) mass is 383 g/mol. The van der Waals surface area contributed by atoms with Gasteiger partial charge in [0.05, 0.1) is 17.8 Å². The maximum atomic E-state index is 12.3. The summed E-state index contributed by atoms with van der Waals surface area (Å²) in [6, 6.07) is 16.7. The van der Waals surface area contributed by atoms with Gasteiger partial charge in [-0.2, -0.15) is 5.10 Å². The van der Waals surface area contributed by atoms with Crippen LogP contribution in [0.1, 0.15) is 18.5 Å². The Morgan fingerprint density at radius 1 is 1.11 bits per heavy atom. The number of carboxylic acid groups (broad SMARTS) is 1. The van der Waals surface area contributed by atoms with Crippen LogP contribution in [-0.4, -0.2) is 26.8 Å². The first kappa shape index (κ1) is 18.7. The Bertz CT molecular complexity index is 983. The highest BCUT2D eigenvalue weighted by Gasteiger charge is 2.20. The lowest BCUT2D eigenvalue weighted by atomic mass is 10.1. The zero-order valence-electron chi connectivity index (χ0n) is 14.6. The van der Waals surface area contributed by atoms with Crippen molar-refractivity contribution in [1.82, 2.24) is 9.78 Å². The average molecular weight is 384 g/mol. The third-order valence-corrected chi connectivity index (χ3v) is 4.23. The number of carbonyl (C=O) groups excluding carboxylic acids is 1. The molecule has 138 valence electrons. The van der Waals surface area contributed by atoms with Crippen molar-refractivity contribution in [3.8, 4) is 16.8 Å². The van der Waals surface area contributed by atoms with Crippen molar-refractivity contribution in [1.29, 1.82) is 0 Å². The maximum absolute atomic E-state index is 12.3. The summed E-state index contributed by atoms with van der Waals surface area (Å²) in [6.07, 6.45) is -0.361. The van der Waals surface area contributed by atoms with E-state index in [0.29, 0.717) is 16.5 Å². The molecule has 7 heteroatoms. The number of rotatable bonds is 6. The van der Waals surface area contributed by atoms with Crippen LogP contribution in [-0.2, 0) is 9.59 Å². The topological polar surface area (TPSA) is 84.2 Å². The van der Waals surface area contributed by atoms with Crippen molar-refractivity contribution in [2.45, 2.75) is 19.8 Å². The number of carbonyl (C=O) groups is 2. The lowest BCUT2D eigenvalue weighted by Gasteiger charge is -2.12. The van der Waals surface area contributed by atoms with Crippen molar-refractivity contribution >= 4 is 29.3 Å². The van der Waals surface area contributed by atoms with Gasteiger partial charge in [-0.1, -0.05) is 48.0 Å². The Balaban J connectivity index is 2.08. The highest BCUT2D eigenvalue weighted by atomic mass is 35.5. The Hall–Kier alpha value is -3.12. The Morgan fingerprint density at radius 2 is 1.85 bits per heavy atom. The first-order valence-electron chi connectivity index (χ1n) is 8.38. The maximum Gasteiger partial charge on any atom is 0.303 e. The largest absolute Gasteiger partial charge is 0.481 e. The molecule has 0 unspecified atom stereocenters. The fraction of sp³-hybridized carbons (Fsp3) is 0.150. The van der Waals surface area contributed by atoms with E-state index in [0.717, 1.165) is 16.8 Å². The minimum absolute atomic E-state index is 0.122. The van der Waals surface area contributed by atoms with Crippen LogP contribution < -0.4 is 5.32 Å². The van der Waals surface area contributed by atoms with Gasteiger partial charge in [0.15, 0.2) is 0 Å². The molecule has 0 saturated carbocycles. The number of nitrogens with zero attached hydrogens (tertiary/aromatic N) is 2. The van der Waals surface area contributed by atoms with E-state index in [9.17, 15) is 9.59 Å². The summed E-state index contributed by atoms with van der Waals surface area (Å²) in [7, 11) is 0. The van der Waals surface area contributed by atoms with E-state index in [1.165, 1.54) is 0 Å². The van der Waals surface area contributed by atoms with Crippen LogP contribution in [0.3, 0.4) is 0 Å². The molecular weight excluding hydrogens is 366 g/mol. The molecule has 3 aromatic rings. The number of benzene rings is 2. The molecule has 6 nitrogen and oxygen atoms in total. The van der Waals surface area contributed by atoms with E-state index in [-0.39, 0.29) is 12.8 Å². The standard InChI is InChI=1S/C20H18ClN3O3/c1-13-19(14-6-3-2-4-7-14)20(22-17(25)10-11-18(26)27)24(23-13)16-9-5-8-15(21)12-16/h2-9,12H,10-11H2,1H3,(H,22,25)(H,26,27). The molecule has 2 aromatic carbocycles. The van der Waals surface area contributed by atoms with Crippen LogP contribution in [0.2, 0.25) is 5.02 Å². The SMILES string of the molecule is Cc1nn(-c2cccc(Cl)c2)c(NC(=O)CCC(=O)O)c1-c1ccccc1. The predicted molar refractivity (Wildman–Crippen MR) is 104 cm³/mol. The second-order valence-corrected chi connectivity index (χ2v) is 6.45. The molecule has 0 spiro atoms. The lowest BCUT2D eigenvalue weighted by Crippen LogP contribution is -2.16. The highest BCUT2D eigenvalue weighted by molar-refractivity contribution is 6.30. The molecule has 0 bridgehead atoms. The van der Waals surface area contributed by atoms with Crippen molar-refractivity contribution in [3.63, 3.8) is 0 Å². The van der Waals surface area contributed by atoms with Gasteiger partial charge in [-0.15, -0.1) is 0 Å². The van der Waals surface area contributed by atoms with Crippen molar-refractivity contribution in [2.24, 2.45) is 0 Å². The first-order chi connectivity index (χ1) is 13.0. The molecular formula is C20H18ClN3O3. The van der Waals surface area contributed by atoms with Crippen LogP contribution in [0.25, 0.3) is 16.8 Å². The summed E-state index contributed by atoms with van der Waals surface area (Å²) in [6.45, 7) is 1.86. The van der Waals surface area contributed by atoms with Crippen LogP contribution in [0.15, 0.2) is 54.6 Å². The third-order valence-electron chi connectivity index (χ3n) is 4.00. The minimum Gasteiger partial charge on any atom is -0.481 e. The van der Waals surface area contributed by atoms with E-state index in [1.807, 2.05) is 43.3 Å². The van der Waals surface area contributed by atoms with Gasteiger partial charge in [-0.05, 0) is 30.7 Å². The normalized spacial score (nSPS) is 10.6. The summed E-state index contributed by atoms with van der Waals surface area (Å²) in [5.41, 5.74) is 3.10. The number of hydrogen-bond acceptors (Lipinski definition) is 3. The van der Waals surface area contributed by atoms with Crippen LogP contribution in [0.5, 0.6) is 0 Å². The van der Waals surface area contributed by atoms with E-state index in [4.69, 9.17) is 16.7 Å². The van der Waals surface area contributed by atoms with Gasteiger partial charge in [-0.3, -0.25) is 9.59 Å². The fourth-order valence-corrected chi connectivity index (χ4v) is 2.99. The number of carboxylic acids is 1. The van der Waals surface area contributed by atoms with Crippen molar-refractivity contribution < 1.29 is 14.7 Å². The summed E-state index contributed by atoms with van der Waals surface area (Å²) >= 11 is 6.11. The van der Waals surface area contributed by atoms with Crippen molar-refractivity contribution in [3.05, 3.63) is 65.3 Å². The van der Waals surface area contributed by atoms with Gasteiger partial charge < -0.3 is 10.4 Å². The second-order valence-electron chi connectivity index (χ2n) is 6.01. The predicted octanol–water partition coefficient (Wildman–Crippen LogP) is 4.30. The van der Waals surface area contributed by atoms with Crippen LogP contribution in [0, 0.1) is 6.92 Å². The summed E-state index contributed by atoms with van der Waals surface area (Å²) < 4.78 is 1.61. The molecule has 0 aliphatic rings. The number of aromatic nitrogens is 2. The molecule has 1 heterocycles. The highest BCUT2D eigenvalue weighted by Crippen LogP contribution is 2.33. The van der Waals surface area contributed by atoms with Gasteiger partial charge in [0.2, 0.25) is 5.91 Å². The number of aliphatic carboxylic acids is 1. The number of aryl methyl sites for hydroxylation is 1. The molecule has 0 aliphatic carbocycles. The van der Waals surface area contributed by atoms with Gasteiger partial charge in [-0.25, -0.2) is 4.68 Å². The first-order valence-corrected chi connectivity index (χ1v) is 8.76. The van der Waals surface area contributed by atoms with Gasteiger partial charge in [0.25, 0.3) is 0 Å². The minimum atomic E-state index is -1.02. The second kappa shape index (κ2) is 8.05. The number of nitrogens with one attached hydrogen (secondary N) is 1. The molecule has 0 atom stereocenters. The van der Waals surface area contributed by atoms with E-state index < -0.39 is 11.9 Å². The fourth-order valence-electron chi connectivity index (χ4n) is 2.80. The summed E-state index contributed by atoms with van der Waals surface area (Å²) in [5.74, 6) is -0.929. The van der Waals surface area contributed by atoms with Gasteiger partial charge in [0, 0.05) is 17.0 Å². The zero-order chi connectivity index (χ0) is 19.4. The molecule has 1 aromatic heterocycles. The quantitative estimate of drug-likeness (QED) is 0.664. The summed E-state index contributed by atoms with van der Waals surface area (Å²) in [4.78, 5) is 23.1. The Kier molecular flexibility index (Phi) is 5.57. The van der Waals surface area contributed by atoms with Crippen LogP contribution in [0.4, 0.5) is 5.82 Å². The molecule has 0 fully saturated rings. The molecule has 27 heavy (non-hydrogen) atoms. The number of anilines is 1. The molecule has 0 aliphatic heterocycles. The molecule has 1 amide bonds. The van der Waals surface area contributed by atoms with Gasteiger partial charge in [0.1, 0.15) is 5.82 Å². The molecule has 2 N–H and O–H groups in total. The number of halogens is 1. The Labute approximate surface area is 161 Å². The zero-order valence-corrected chi connectivity index (χ0v) is 15.4. The molecule has 0 saturated heterocycles. The average Bonchev–Trinajstić information content (AvgIpc) is 2.96. The summed E-state index contributed by atoms with van der Waals surface area (Å²) in [5, 5.41) is 16.8.